The Bertz CT molecular complexity index is 287. The van der Waals surface area contributed by atoms with Gasteiger partial charge in [0.15, 0.2) is 0 Å². The molecule has 1 atom stereocenters. The SMILES string of the molecule is C=CCOC(=O)NC1(CC(=O)O)CCSC1. The van der Waals surface area contributed by atoms with Gasteiger partial charge < -0.3 is 15.2 Å². The van der Waals surface area contributed by atoms with E-state index in [4.69, 9.17) is 9.84 Å². The highest BCUT2D eigenvalue weighted by molar-refractivity contribution is 7.99. The second-order valence-electron chi connectivity index (χ2n) is 3.67. The van der Waals surface area contributed by atoms with Crippen molar-refractivity contribution < 1.29 is 19.4 Å². The quantitative estimate of drug-likeness (QED) is 0.713. The Hall–Kier alpha value is -1.17. The van der Waals surface area contributed by atoms with E-state index in [2.05, 4.69) is 11.9 Å². The first kappa shape index (κ1) is 12.9. The van der Waals surface area contributed by atoms with E-state index in [1.54, 1.807) is 11.8 Å². The molecule has 1 amide bonds. The molecule has 0 aromatic rings. The molecule has 1 unspecified atom stereocenters. The van der Waals surface area contributed by atoms with Crippen LogP contribution in [0.4, 0.5) is 4.79 Å². The Balaban J connectivity index is 2.53. The van der Waals surface area contributed by atoms with Crippen LogP contribution in [0.1, 0.15) is 12.8 Å². The fourth-order valence-electron chi connectivity index (χ4n) is 1.57. The highest BCUT2D eigenvalue weighted by Crippen LogP contribution is 2.30. The third kappa shape index (κ3) is 3.77. The van der Waals surface area contributed by atoms with Crippen LogP contribution in [0, 0.1) is 0 Å². The van der Waals surface area contributed by atoms with Crippen molar-refractivity contribution in [2.45, 2.75) is 18.4 Å². The molecular formula is C10H15NO4S. The standard InChI is InChI=1S/C10H15NO4S/c1-2-4-15-9(14)11-10(6-8(12)13)3-5-16-7-10/h2H,1,3-7H2,(H,11,14)(H,12,13). The Morgan fingerprint density at radius 3 is 2.88 bits per heavy atom. The third-order valence-corrected chi connectivity index (χ3v) is 3.54. The lowest BCUT2D eigenvalue weighted by atomic mass is 9.95. The first-order valence-electron chi connectivity index (χ1n) is 4.93. The number of carbonyl (C=O) groups is 2. The van der Waals surface area contributed by atoms with Crippen molar-refractivity contribution in [1.29, 1.82) is 0 Å². The first-order valence-corrected chi connectivity index (χ1v) is 6.09. The zero-order valence-electron chi connectivity index (χ0n) is 8.90. The average Bonchev–Trinajstić information content (AvgIpc) is 2.62. The largest absolute Gasteiger partial charge is 0.481 e. The van der Waals surface area contributed by atoms with E-state index in [1.807, 2.05) is 0 Å². The van der Waals surface area contributed by atoms with Crippen LogP contribution in [0.2, 0.25) is 0 Å². The highest BCUT2D eigenvalue weighted by Gasteiger charge is 2.38. The van der Waals surface area contributed by atoms with Crippen LogP contribution < -0.4 is 5.32 Å². The number of rotatable bonds is 5. The van der Waals surface area contributed by atoms with Gasteiger partial charge in [0.25, 0.3) is 0 Å². The monoisotopic (exact) mass is 245 g/mol. The van der Waals surface area contributed by atoms with Crippen LogP contribution in [0.25, 0.3) is 0 Å². The minimum Gasteiger partial charge on any atom is -0.481 e. The second kappa shape index (κ2) is 5.79. The summed E-state index contributed by atoms with van der Waals surface area (Å²) >= 11 is 1.64. The number of hydrogen-bond donors (Lipinski definition) is 2. The van der Waals surface area contributed by atoms with E-state index >= 15 is 0 Å². The third-order valence-electron chi connectivity index (χ3n) is 2.29. The number of alkyl carbamates (subject to hydrolysis) is 1. The molecule has 0 radical (unpaired) electrons. The van der Waals surface area contributed by atoms with Gasteiger partial charge >= 0.3 is 12.1 Å². The number of aliphatic carboxylic acids is 1. The fourth-order valence-corrected chi connectivity index (χ4v) is 2.95. The molecule has 1 aliphatic rings. The number of carboxylic acids is 1. The lowest BCUT2D eigenvalue weighted by molar-refractivity contribution is -0.138. The zero-order valence-corrected chi connectivity index (χ0v) is 9.72. The predicted molar refractivity (Wildman–Crippen MR) is 61.6 cm³/mol. The van der Waals surface area contributed by atoms with E-state index in [9.17, 15) is 9.59 Å². The summed E-state index contributed by atoms with van der Waals surface area (Å²) in [5.41, 5.74) is -0.658. The van der Waals surface area contributed by atoms with Gasteiger partial charge in [-0.05, 0) is 12.2 Å². The van der Waals surface area contributed by atoms with Gasteiger partial charge in [0.05, 0.1) is 12.0 Å². The molecule has 2 N–H and O–H groups in total. The van der Waals surface area contributed by atoms with Gasteiger partial charge in [-0.15, -0.1) is 0 Å². The van der Waals surface area contributed by atoms with E-state index < -0.39 is 17.6 Å². The van der Waals surface area contributed by atoms with Gasteiger partial charge in [-0.3, -0.25) is 4.79 Å². The lowest BCUT2D eigenvalue weighted by Crippen LogP contribution is -2.50. The van der Waals surface area contributed by atoms with Crippen molar-refractivity contribution in [2.75, 3.05) is 18.1 Å². The van der Waals surface area contributed by atoms with Crippen LogP contribution in [-0.2, 0) is 9.53 Å². The topological polar surface area (TPSA) is 75.6 Å². The number of ether oxygens (including phenoxy) is 1. The van der Waals surface area contributed by atoms with Gasteiger partial charge in [-0.1, -0.05) is 12.7 Å². The zero-order chi connectivity index (χ0) is 12.0. The molecule has 1 saturated heterocycles. The molecule has 0 bridgehead atoms. The Kier molecular flexibility index (Phi) is 4.67. The molecule has 0 spiro atoms. The van der Waals surface area contributed by atoms with Crippen LogP contribution in [0.15, 0.2) is 12.7 Å². The van der Waals surface area contributed by atoms with E-state index in [0.29, 0.717) is 12.2 Å². The lowest BCUT2D eigenvalue weighted by Gasteiger charge is -2.27. The van der Waals surface area contributed by atoms with Crippen LogP contribution in [0.3, 0.4) is 0 Å². The van der Waals surface area contributed by atoms with Gasteiger partial charge in [0.1, 0.15) is 6.61 Å². The Morgan fingerprint density at radius 1 is 1.62 bits per heavy atom. The smallest absolute Gasteiger partial charge is 0.407 e. The molecule has 0 aromatic carbocycles. The minimum atomic E-state index is -0.911. The number of carboxylic acid groups (broad SMARTS) is 1. The maximum absolute atomic E-state index is 11.4. The summed E-state index contributed by atoms with van der Waals surface area (Å²) in [6, 6.07) is 0. The Morgan fingerprint density at radius 2 is 2.38 bits per heavy atom. The Labute approximate surface area is 98.2 Å². The van der Waals surface area contributed by atoms with Crippen molar-refractivity contribution in [3.63, 3.8) is 0 Å². The summed E-state index contributed by atoms with van der Waals surface area (Å²) in [5, 5.41) is 11.5. The molecule has 1 rings (SSSR count). The average molecular weight is 245 g/mol. The summed E-state index contributed by atoms with van der Waals surface area (Å²) in [6.45, 7) is 3.55. The molecule has 5 nitrogen and oxygen atoms in total. The molecule has 0 saturated carbocycles. The van der Waals surface area contributed by atoms with E-state index in [1.165, 1.54) is 6.08 Å². The number of nitrogens with one attached hydrogen (secondary N) is 1. The summed E-state index contributed by atoms with van der Waals surface area (Å²) in [7, 11) is 0. The van der Waals surface area contributed by atoms with Gasteiger partial charge in [0, 0.05) is 5.75 Å². The molecule has 0 aromatic heterocycles. The molecule has 16 heavy (non-hydrogen) atoms. The molecule has 1 fully saturated rings. The molecule has 90 valence electrons. The predicted octanol–water partition coefficient (Wildman–Crippen LogP) is 1.25. The van der Waals surface area contributed by atoms with Gasteiger partial charge in [-0.25, -0.2) is 4.79 Å². The van der Waals surface area contributed by atoms with Gasteiger partial charge in [0.2, 0.25) is 0 Å². The maximum Gasteiger partial charge on any atom is 0.407 e. The molecule has 1 aliphatic heterocycles. The van der Waals surface area contributed by atoms with Crippen molar-refractivity contribution in [3.8, 4) is 0 Å². The molecule has 1 heterocycles. The highest BCUT2D eigenvalue weighted by atomic mass is 32.2. The summed E-state index contributed by atoms with van der Waals surface area (Å²) < 4.78 is 4.79. The number of amides is 1. The van der Waals surface area contributed by atoms with E-state index in [-0.39, 0.29) is 13.0 Å². The molecule has 6 heteroatoms. The van der Waals surface area contributed by atoms with Crippen molar-refractivity contribution in [3.05, 3.63) is 12.7 Å². The number of hydrogen-bond acceptors (Lipinski definition) is 4. The normalized spacial score (nSPS) is 23.8. The second-order valence-corrected chi connectivity index (χ2v) is 4.77. The summed E-state index contributed by atoms with van der Waals surface area (Å²) in [6.07, 6.45) is 1.48. The summed E-state index contributed by atoms with van der Waals surface area (Å²) in [4.78, 5) is 22.1. The number of carbonyl (C=O) groups excluding carboxylic acids is 1. The van der Waals surface area contributed by atoms with Crippen molar-refractivity contribution in [2.24, 2.45) is 0 Å². The molecular weight excluding hydrogens is 230 g/mol. The maximum atomic E-state index is 11.4. The number of thioether (sulfide) groups is 1. The first-order chi connectivity index (χ1) is 7.58. The van der Waals surface area contributed by atoms with Crippen LogP contribution in [0.5, 0.6) is 0 Å². The van der Waals surface area contributed by atoms with Crippen molar-refractivity contribution >= 4 is 23.8 Å². The van der Waals surface area contributed by atoms with Gasteiger partial charge in [-0.2, -0.15) is 11.8 Å². The fraction of sp³-hybridized carbons (Fsp3) is 0.600. The van der Waals surface area contributed by atoms with Crippen LogP contribution >= 0.6 is 11.8 Å². The van der Waals surface area contributed by atoms with Crippen molar-refractivity contribution in [1.82, 2.24) is 5.32 Å². The summed E-state index contributed by atoms with van der Waals surface area (Å²) in [5.74, 6) is 0.559. The van der Waals surface area contributed by atoms with Crippen LogP contribution in [-0.4, -0.2) is 40.8 Å². The minimum absolute atomic E-state index is 0.0663. The van der Waals surface area contributed by atoms with E-state index in [0.717, 1.165) is 5.75 Å². The molecule has 0 aliphatic carbocycles.